The van der Waals surface area contributed by atoms with Crippen molar-refractivity contribution in [1.82, 2.24) is 0 Å². The summed E-state index contributed by atoms with van der Waals surface area (Å²) >= 11 is 5.53. The second-order valence-corrected chi connectivity index (χ2v) is 9.52. The molecule has 2 atom stereocenters. The summed E-state index contributed by atoms with van der Waals surface area (Å²) in [6, 6.07) is 4.80. The number of hydrogen-bond acceptors (Lipinski definition) is 1. The Bertz CT molecular complexity index is 323. The zero-order valence-corrected chi connectivity index (χ0v) is 15.1. The molecule has 0 N–H and O–H groups in total. The monoisotopic (exact) mass is 356 g/mol. The molecule has 0 aliphatic carbocycles. The molecule has 3 heterocycles. The Balaban J connectivity index is 0.000000902. The Hall–Kier alpha value is 0.980. The molecule has 2 aliphatic heterocycles. The molecule has 1 aromatic heterocycles. The van der Waals surface area contributed by atoms with E-state index in [9.17, 15) is 0 Å². The van der Waals surface area contributed by atoms with Crippen LogP contribution in [-0.2, 0) is 36.4 Å². The molecule has 0 nitrogen and oxygen atoms in total. The summed E-state index contributed by atoms with van der Waals surface area (Å²) < 4.78 is 0. The summed E-state index contributed by atoms with van der Waals surface area (Å²) in [5.74, 6) is 2.90. The maximum atomic E-state index is 2.40. The average molecular weight is 357 g/mol. The molecule has 0 saturated carbocycles. The Morgan fingerprint density at radius 2 is 1.37 bits per heavy atom. The molecule has 2 saturated heterocycles. The SMILES string of the molecule is [Cl-].[Cl-].c1cc(CC2CCC[SH+]2)sc1CC1CCC[SH+]1. The van der Waals surface area contributed by atoms with Crippen LogP contribution in [-0.4, -0.2) is 22.0 Å². The first-order valence-corrected chi connectivity index (χ1v) is 9.92. The number of halogens is 2. The molecule has 0 aromatic carbocycles. The largest absolute Gasteiger partial charge is 1.00 e. The van der Waals surface area contributed by atoms with E-state index in [-0.39, 0.29) is 24.8 Å². The highest BCUT2D eigenvalue weighted by molar-refractivity contribution is 7.79. The van der Waals surface area contributed by atoms with Crippen LogP contribution < -0.4 is 24.8 Å². The first-order valence-electron chi connectivity index (χ1n) is 6.81. The Kier molecular flexibility index (Phi) is 8.63. The molecule has 5 heteroatoms. The number of thiol groups is 2. The van der Waals surface area contributed by atoms with Gasteiger partial charge >= 0.3 is 0 Å². The maximum absolute atomic E-state index is 2.40. The molecule has 3 rings (SSSR count). The lowest BCUT2D eigenvalue weighted by molar-refractivity contribution is -0.00100. The third kappa shape index (κ3) is 5.35. The highest BCUT2D eigenvalue weighted by Gasteiger charge is 2.26. The van der Waals surface area contributed by atoms with Crippen LogP contribution in [0.25, 0.3) is 0 Å². The third-order valence-corrected chi connectivity index (χ3v) is 7.95. The topological polar surface area (TPSA) is 0 Å². The highest BCUT2D eigenvalue weighted by atomic mass is 35.5. The van der Waals surface area contributed by atoms with E-state index in [1.807, 2.05) is 0 Å². The van der Waals surface area contributed by atoms with Crippen LogP contribution in [0.2, 0.25) is 0 Å². The zero-order valence-electron chi connectivity index (χ0n) is 11.0. The summed E-state index contributed by atoms with van der Waals surface area (Å²) in [6.45, 7) is 0. The minimum atomic E-state index is 0. The zero-order chi connectivity index (χ0) is 11.5. The molecular formula is C14H22Cl2S3. The van der Waals surface area contributed by atoms with Crippen molar-refractivity contribution in [2.24, 2.45) is 0 Å². The van der Waals surface area contributed by atoms with Gasteiger partial charge in [0.1, 0.15) is 22.0 Å². The highest BCUT2D eigenvalue weighted by Crippen LogP contribution is 2.26. The summed E-state index contributed by atoms with van der Waals surface area (Å²) in [6.07, 6.45) is 8.58. The second-order valence-electron chi connectivity index (χ2n) is 5.18. The lowest BCUT2D eigenvalue weighted by atomic mass is 10.1. The van der Waals surface area contributed by atoms with E-state index in [1.165, 1.54) is 50.0 Å². The van der Waals surface area contributed by atoms with Gasteiger partial charge in [0, 0.05) is 22.6 Å². The van der Waals surface area contributed by atoms with Gasteiger partial charge in [-0.2, -0.15) is 0 Å². The van der Waals surface area contributed by atoms with E-state index in [0.717, 1.165) is 10.5 Å². The van der Waals surface area contributed by atoms with Gasteiger partial charge in [-0.15, -0.1) is 11.3 Å². The third-order valence-electron chi connectivity index (χ3n) is 3.76. The van der Waals surface area contributed by atoms with Crippen LogP contribution in [0.4, 0.5) is 0 Å². The van der Waals surface area contributed by atoms with Gasteiger partial charge in [-0.1, -0.05) is 0 Å². The van der Waals surface area contributed by atoms with Gasteiger partial charge in [-0.25, -0.2) is 0 Å². The van der Waals surface area contributed by atoms with Crippen LogP contribution in [0.3, 0.4) is 0 Å². The van der Waals surface area contributed by atoms with E-state index in [1.54, 1.807) is 33.3 Å². The molecule has 19 heavy (non-hydrogen) atoms. The van der Waals surface area contributed by atoms with Crippen molar-refractivity contribution in [2.45, 2.75) is 49.0 Å². The van der Waals surface area contributed by atoms with Gasteiger partial charge in [-0.3, -0.25) is 0 Å². The summed E-state index contributed by atoms with van der Waals surface area (Å²) in [5, 5.41) is 1.96. The van der Waals surface area contributed by atoms with Crippen LogP contribution in [0, 0.1) is 0 Å². The second kappa shape index (κ2) is 9.09. The van der Waals surface area contributed by atoms with Crippen LogP contribution >= 0.6 is 11.3 Å². The van der Waals surface area contributed by atoms with Crippen LogP contribution in [0.15, 0.2) is 12.1 Å². The lowest BCUT2D eigenvalue weighted by Crippen LogP contribution is -3.00. The molecule has 2 aliphatic rings. The standard InChI is InChI=1S/C14H20S3.2ClH/c1-3-11(15-7-1)9-13-5-6-14(17-13)10-12-4-2-8-16-12;;/h5-6,11-12H,1-4,7-10H2;2*1H. The Morgan fingerprint density at radius 3 is 1.74 bits per heavy atom. The van der Waals surface area contributed by atoms with Crippen molar-refractivity contribution in [3.8, 4) is 0 Å². The molecule has 110 valence electrons. The lowest BCUT2D eigenvalue weighted by Gasteiger charge is -2.00. The van der Waals surface area contributed by atoms with Gasteiger partial charge in [-0.05, 0) is 61.3 Å². The van der Waals surface area contributed by atoms with E-state index < -0.39 is 0 Å². The first-order chi connectivity index (χ1) is 8.40. The predicted molar refractivity (Wildman–Crippen MR) is 85.0 cm³/mol. The molecule has 0 spiro atoms. The van der Waals surface area contributed by atoms with E-state index in [2.05, 4.69) is 23.5 Å². The Morgan fingerprint density at radius 1 is 0.895 bits per heavy atom. The summed E-state index contributed by atoms with van der Waals surface area (Å²) in [4.78, 5) is 3.29. The smallest absolute Gasteiger partial charge is 0.121 e. The van der Waals surface area contributed by atoms with Crippen LogP contribution in [0.5, 0.6) is 0 Å². The minimum absolute atomic E-state index is 0. The summed E-state index contributed by atoms with van der Waals surface area (Å²) in [5.41, 5.74) is 0. The van der Waals surface area contributed by atoms with Crippen molar-refractivity contribution in [3.63, 3.8) is 0 Å². The first kappa shape index (κ1) is 18.0. The predicted octanol–water partition coefficient (Wildman–Crippen LogP) is -3.20. The van der Waals surface area contributed by atoms with Crippen LogP contribution in [0.1, 0.15) is 35.4 Å². The van der Waals surface area contributed by atoms with Gasteiger partial charge in [0.2, 0.25) is 0 Å². The maximum Gasteiger partial charge on any atom is 0.121 e. The fourth-order valence-electron chi connectivity index (χ4n) is 2.82. The van der Waals surface area contributed by atoms with E-state index >= 15 is 0 Å². The van der Waals surface area contributed by atoms with Crippen molar-refractivity contribution in [3.05, 3.63) is 21.9 Å². The van der Waals surface area contributed by atoms with Crippen molar-refractivity contribution in [1.29, 1.82) is 0 Å². The van der Waals surface area contributed by atoms with Crippen molar-refractivity contribution < 1.29 is 24.8 Å². The van der Waals surface area contributed by atoms with Gasteiger partial charge in [0.15, 0.2) is 0 Å². The van der Waals surface area contributed by atoms with E-state index in [0.29, 0.717) is 0 Å². The van der Waals surface area contributed by atoms with E-state index in [4.69, 9.17) is 0 Å². The Labute approximate surface area is 141 Å². The van der Waals surface area contributed by atoms with Crippen molar-refractivity contribution in [2.75, 3.05) is 11.5 Å². The molecule has 0 amide bonds. The average Bonchev–Trinajstić information content (AvgIpc) is 3.02. The fourth-order valence-corrected chi connectivity index (χ4v) is 7.09. The van der Waals surface area contributed by atoms with Gasteiger partial charge < -0.3 is 24.8 Å². The quantitative estimate of drug-likeness (QED) is 0.393. The fraction of sp³-hybridized carbons (Fsp3) is 0.714. The van der Waals surface area contributed by atoms with Gasteiger partial charge in [0.25, 0.3) is 0 Å². The number of thiophene rings is 1. The number of rotatable bonds is 4. The number of hydrogen-bond donors (Lipinski definition) is 0. The van der Waals surface area contributed by atoms with Crippen molar-refractivity contribution >= 4 is 34.9 Å². The molecule has 0 bridgehead atoms. The minimum Gasteiger partial charge on any atom is -1.00 e. The molecule has 1 aromatic rings. The molecule has 2 fully saturated rings. The van der Waals surface area contributed by atoms with Gasteiger partial charge in [0.05, 0.1) is 0 Å². The molecule has 2 unspecified atom stereocenters. The summed E-state index contributed by atoms with van der Waals surface area (Å²) in [7, 11) is 0. The normalized spacial score (nSPS) is 25.9. The molecule has 0 radical (unpaired) electrons. The molecular weight excluding hydrogens is 335 g/mol.